The number of rotatable bonds is 4. The molecule has 1 nitrogen and oxygen atoms in total. The van der Waals surface area contributed by atoms with Gasteiger partial charge in [0.25, 0.3) is 0 Å². The minimum absolute atomic E-state index is 0.208. The van der Waals surface area contributed by atoms with E-state index < -0.39 is 0 Å². The first-order chi connectivity index (χ1) is 4.54. The van der Waals surface area contributed by atoms with Crippen molar-refractivity contribution in [3.63, 3.8) is 0 Å². The van der Waals surface area contributed by atoms with E-state index in [0.717, 1.165) is 12.8 Å². The summed E-state index contributed by atoms with van der Waals surface area (Å²) in [6, 6.07) is 0. The molecule has 0 aromatic rings. The molecule has 1 heteroatoms. The molecule has 59 valence electrons. The summed E-state index contributed by atoms with van der Waals surface area (Å²) in [4.78, 5) is 11.0. The minimum Gasteiger partial charge on any atom is -0.299 e. The highest BCUT2D eigenvalue weighted by Gasteiger charge is 2.07. The second kappa shape index (κ2) is 4.48. The van der Waals surface area contributed by atoms with Gasteiger partial charge in [0.2, 0.25) is 0 Å². The molecule has 0 atom stereocenters. The van der Waals surface area contributed by atoms with E-state index in [2.05, 4.69) is 13.8 Å². The van der Waals surface area contributed by atoms with Crippen LogP contribution in [-0.4, -0.2) is 5.78 Å². The van der Waals surface area contributed by atoms with Gasteiger partial charge < -0.3 is 0 Å². The Balaban J connectivity index is 3.40. The van der Waals surface area contributed by atoms with E-state index in [-0.39, 0.29) is 5.92 Å². The van der Waals surface area contributed by atoms with Gasteiger partial charge in [-0.1, -0.05) is 27.7 Å². The lowest BCUT2D eigenvalue weighted by Crippen LogP contribution is -2.07. The van der Waals surface area contributed by atoms with E-state index in [9.17, 15) is 4.79 Å². The van der Waals surface area contributed by atoms with Crippen LogP contribution >= 0.6 is 0 Å². The summed E-state index contributed by atoms with van der Waals surface area (Å²) < 4.78 is 0. The van der Waals surface area contributed by atoms with Gasteiger partial charge in [-0.15, -0.1) is 0 Å². The number of ketones is 1. The Morgan fingerprint density at radius 3 is 2.00 bits per heavy atom. The van der Waals surface area contributed by atoms with E-state index in [4.69, 9.17) is 0 Å². The van der Waals surface area contributed by atoms with E-state index >= 15 is 0 Å². The summed E-state index contributed by atoms with van der Waals surface area (Å²) in [5.41, 5.74) is 0. The summed E-state index contributed by atoms with van der Waals surface area (Å²) in [7, 11) is 0. The van der Waals surface area contributed by atoms with Crippen LogP contribution < -0.4 is 0 Å². The zero-order chi connectivity index (χ0) is 8.15. The Morgan fingerprint density at radius 1 is 1.20 bits per heavy atom. The lowest BCUT2D eigenvalue weighted by atomic mass is 10.00. The highest BCUT2D eigenvalue weighted by Crippen LogP contribution is 2.09. The zero-order valence-corrected chi connectivity index (χ0v) is 7.40. The summed E-state index contributed by atoms with van der Waals surface area (Å²) in [5.74, 6) is 1.93. The fourth-order valence-corrected chi connectivity index (χ4v) is 0.662. The first kappa shape index (κ1) is 9.67. The maximum absolute atomic E-state index is 11.0. The van der Waals surface area contributed by atoms with E-state index in [1.165, 1.54) is 5.92 Å². The molecule has 0 unspecified atom stereocenters. The standard InChI is InChI=1S/C9H17O/c1-7(2)5-6-9(10)8(3)4/h8H,5-6H2,1-4H3. The van der Waals surface area contributed by atoms with Gasteiger partial charge in [0.1, 0.15) is 5.78 Å². The molecule has 0 amide bonds. The van der Waals surface area contributed by atoms with Crippen LogP contribution in [0.1, 0.15) is 40.5 Å². The largest absolute Gasteiger partial charge is 0.299 e. The van der Waals surface area contributed by atoms with Crippen LogP contribution in [0.5, 0.6) is 0 Å². The fraction of sp³-hybridized carbons (Fsp3) is 0.778. The monoisotopic (exact) mass is 141 g/mol. The van der Waals surface area contributed by atoms with Crippen molar-refractivity contribution in [1.29, 1.82) is 0 Å². The first-order valence-corrected chi connectivity index (χ1v) is 3.85. The van der Waals surface area contributed by atoms with Crippen LogP contribution in [0.3, 0.4) is 0 Å². The lowest BCUT2D eigenvalue weighted by Gasteiger charge is -2.04. The molecule has 0 aliphatic carbocycles. The smallest absolute Gasteiger partial charge is 0.135 e. The third-order valence-corrected chi connectivity index (χ3v) is 1.52. The van der Waals surface area contributed by atoms with Crippen molar-refractivity contribution in [2.24, 2.45) is 5.92 Å². The van der Waals surface area contributed by atoms with Crippen molar-refractivity contribution in [3.8, 4) is 0 Å². The number of Topliss-reactive ketones (excluding diaryl/α,β-unsaturated/α-hetero) is 1. The third-order valence-electron chi connectivity index (χ3n) is 1.52. The molecule has 0 aliphatic heterocycles. The quantitative estimate of drug-likeness (QED) is 0.588. The predicted octanol–water partition coefficient (Wildman–Crippen LogP) is 2.61. The average molecular weight is 141 g/mol. The van der Waals surface area contributed by atoms with Gasteiger partial charge >= 0.3 is 0 Å². The SMILES string of the molecule is C[C](C)CCC(=O)C(C)C. The second-order valence-corrected chi connectivity index (χ2v) is 3.33. The summed E-state index contributed by atoms with van der Waals surface area (Å²) in [6.45, 7) is 8.03. The first-order valence-electron chi connectivity index (χ1n) is 3.85. The molecule has 0 aromatic heterocycles. The molecule has 0 bridgehead atoms. The van der Waals surface area contributed by atoms with E-state index in [0.29, 0.717) is 5.78 Å². The fourth-order valence-electron chi connectivity index (χ4n) is 0.662. The van der Waals surface area contributed by atoms with Crippen LogP contribution in [0.4, 0.5) is 0 Å². The maximum Gasteiger partial charge on any atom is 0.135 e. The summed E-state index contributed by atoms with van der Waals surface area (Å²) >= 11 is 0. The molecule has 0 aromatic carbocycles. The van der Waals surface area contributed by atoms with Gasteiger partial charge in [-0.2, -0.15) is 0 Å². The van der Waals surface area contributed by atoms with E-state index in [1.54, 1.807) is 0 Å². The van der Waals surface area contributed by atoms with E-state index in [1.807, 2.05) is 13.8 Å². The topological polar surface area (TPSA) is 17.1 Å². The minimum atomic E-state index is 0.208. The van der Waals surface area contributed by atoms with Crippen molar-refractivity contribution in [2.45, 2.75) is 40.5 Å². The Hall–Kier alpha value is -0.330. The summed E-state index contributed by atoms with van der Waals surface area (Å²) in [5, 5.41) is 0. The van der Waals surface area contributed by atoms with Gasteiger partial charge in [0, 0.05) is 12.3 Å². The van der Waals surface area contributed by atoms with Crippen molar-refractivity contribution < 1.29 is 4.79 Å². The van der Waals surface area contributed by atoms with Gasteiger partial charge in [-0.3, -0.25) is 4.79 Å². The Morgan fingerprint density at radius 2 is 1.70 bits per heavy atom. The Bertz CT molecular complexity index is 103. The molecule has 0 rings (SSSR count). The van der Waals surface area contributed by atoms with Crippen LogP contribution in [0, 0.1) is 11.8 Å². The third kappa shape index (κ3) is 4.54. The lowest BCUT2D eigenvalue weighted by molar-refractivity contribution is -0.121. The number of hydrogen-bond acceptors (Lipinski definition) is 1. The van der Waals surface area contributed by atoms with Crippen LogP contribution in [-0.2, 0) is 4.79 Å². The van der Waals surface area contributed by atoms with Gasteiger partial charge in [0.05, 0.1) is 0 Å². The van der Waals surface area contributed by atoms with Gasteiger partial charge in [0.15, 0.2) is 0 Å². The van der Waals surface area contributed by atoms with Crippen molar-refractivity contribution in [3.05, 3.63) is 5.92 Å². The second-order valence-electron chi connectivity index (χ2n) is 3.33. The molecular weight excluding hydrogens is 124 g/mol. The van der Waals surface area contributed by atoms with Crippen molar-refractivity contribution in [1.82, 2.24) is 0 Å². The molecule has 0 fully saturated rings. The Kier molecular flexibility index (Phi) is 4.33. The van der Waals surface area contributed by atoms with Crippen molar-refractivity contribution >= 4 is 5.78 Å². The van der Waals surface area contributed by atoms with Gasteiger partial charge in [-0.05, 0) is 12.3 Å². The highest BCUT2D eigenvalue weighted by atomic mass is 16.1. The summed E-state index contributed by atoms with van der Waals surface area (Å²) in [6.07, 6.45) is 1.68. The molecule has 0 N–H and O–H groups in total. The van der Waals surface area contributed by atoms with Crippen LogP contribution in [0.25, 0.3) is 0 Å². The highest BCUT2D eigenvalue weighted by molar-refractivity contribution is 5.80. The molecule has 0 saturated heterocycles. The Labute approximate surface area is 63.8 Å². The molecule has 0 heterocycles. The molecule has 10 heavy (non-hydrogen) atoms. The molecule has 0 spiro atoms. The number of carbonyl (C=O) groups is 1. The number of hydrogen-bond donors (Lipinski definition) is 0. The van der Waals surface area contributed by atoms with Gasteiger partial charge in [-0.25, -0.2) is 0 Å². The maximum atomic E-state index is 11.0. The average Bonchev–Trinajstić information content (AvgIpc) is 1.82. The zero-order valence-electron chi connectivity index (χ0n) is 7.40. The van der Waals surface area contributed by atoms with Crippen LogP contribution in [0.2, 0.25) is 0 Å². The predicted molar refractivity (Wildman–Crippen MR) is 43.7 cm³/mol. The van der Waals surface area contributed by atoms with Crippen LogP contribution in [0.15, 0.2) is 0 Å². The molecular formula is C9H17O. The molecule has 1 radical (unpaired) electrons. The number of carbonyl (C=O) groups excluding carboxylic acids is 1. The molecule has 0 saturated carbocycles. The normalized spacial score (nSPS) is 11.0. The van der Waals surface area contributed by atoms with Crippen molar-refractivity contribution in [2.75, 3.05) is 0 Å². The molecule has 0 aliphatic rings.